The van der Waals surface area contributed by atoms with E-state index in [2.05, 4.69) is 4.99 Å². The summed E-state index contributed by atoms with van der Waals surface area (Å²) in [6, 6.07) is 6.04. The minimum atomic E-state index is 0.215. The third-order valence-electron chi connectivity index (χ3n) is 2.09. The van der Waals surface area contributed by atoms with Crippen molar-refractivity contribution in [1.82, 2.24) is 0 Å². The van der Waals surface area contributed by atoms with Crippen LogP contribution in [0.1, 0.15) is 25.0 Å². The summed E-state index contributed by atoms with van der Waals surface area (Å²) in [5, 5.41) is 0. The molecule has 0 saturated carbocycles. The zero-order chi connectivity index (χ0) is 11.4. The van der Waals surface area contributed by atoms with Crippen molar-refractivity contribution in [1.29, 1.82) is 0 Å². The maximum atomic E-state index is 5.87. The van der Waals surface area contributed by atoms with Gasteiger partial charge >= 0.3 is 0 Å². The molecule has 82 valence electrons. The van der Waals surface area contributed by atoms with Crippen molar-refractivity contribution in [3.63, 3.8) is 0 Å². The van der Waals surface area contributed by atoms with E-state index in [0.717, 1.165) is 16.9 Å². The van der Waals surface area contributed by atoms with E-state index in [-0.39, 0.29) is 6.04 Å². The van der Waals surface area contributed by atoms with Crippen molar-refractivity contribution in [2.24, 2.45) is 10.7 Å². The van der Waals surface area contributed by atoms with Crippen LogP contribution >= 0.6 is 0 Å². The Balaban J connectivity index is 3.02. The van der Waals surface area contributed by atoms with Gasteiger partial charge in [0.1, 0.15) is 11.6 Å². The average Bonchev–Trinajstić information content (AvgIpc) is 2.16. The highest BCUT2D eigenvalue weighted by atomic mass is 16.5. The molecule has 2 N–H and O–H groups in total. The topological polar surface area (TPSA) is 47.6 Å². The van der Waals surface area contributed by atoms with E-state index < -0.39 is 0 Å². The maximum Gasteiger partial charge on any atom is 0.125 e. The largest absolute Gasteiger partial charge is 0.496 e. The molecule has 0 amide bonds. The minimum absolute atomic E-state index is 0.215. The van der Waals surface area contributed by atoms with Crippen LogP contribution in [0.2, 0.25) is 0 Å². The van der Waals surface area contributed by atoms with Crippen molar-refractivity contribution in [3.05, 3.63) is 29.3 Å². The molecule has 0 spiro atoms. The lowest BCUT2D eigenvalue weighted by Gasteiger charge is -2.08. The highest BCUT2D eigenvalue weighted by Gasteiger charge is 2.03. The van der Waals surface area contributed by atoms with Gasteiger partial charge in [0, 0.05) is 11.6 Å². The number of nitrogens with two attached hydrogens (primary N) is 1. The van der Waals surface area contributed by atoms with Crippen molar-refractivity contribution in [3.8, 4) is 5.75 Å². The highest BCUT2D eigenvalue weighted by Crippen LogP contribution is 2.18. The molecule has 1 aromatic rings. The Morgan fingerprint density at radius 1 is 1.40 bits per heavy atom. The van der Waals surface area contributed by atoms with E-state index in [1.165, 1.54) is 0 Å². The van der Waals surface area contributed by atoms with E-state index in [4.69, 9.17) is 10.5 Å². The lowest BCUT2D eigenvalue weighted by Crippen LogP contribution is -2.15. The summed E-state index contributed by atoms with van der Waals surface area (Å²) < 4.78 is 5.18. The lowest BCUT2D eigenvalue weighted by atomic mass is 10.1. The fourth-order valence-electron chi connectivity index (χ4n) is 1.39. The number of methoxy groups -OCH3 is 1. The fraction of sp³-hybridized carbons (Fsp3) is 0.417. The fourth-order valence-corrected chi connectivity index (χ4v) is 1.39. The van der Waals surface area contributed by atoms with Gasteiger partial charge in [-0.1, -0.05) is 0 Å². The van der Waals surface area contributed by atoms with Crippen molar-refractivity contribution in [2.75, 3.05) is 7.11 Å². The van der Waals surface area contributed by atoms with Crippen LogP contribution in [0.15, 0.2) is 23.2 Å². The number of nitrogens with zero attached hydrogens (tertiary/aromatic N) is 1. The Morgan fingerprint density at radius 3 is 2.53 bits per heavy atom. The van der Waals surface area contributed by atoms with Crippen LogP contribution in [0.5, 0.6) is 5.75 Å². The summed E-state index contributed by atoms with van der Waals surface area (Å²) in [4.78, 5) is 4.30. The van der Waals surface area contributed by atoms with Gasteiger partial charge < -0.3 is 10.5 Å². The number of benzene rings is 1. The van der Waals surface area contributed by atoms with Gasteiger partial charge in [0.05, 0.1) is 7.11 Å². The number of amidine groups is 1. The van der Waals surface area contributed by atoms with Crippen LogP contribution in [0.3, 0.4) is 0 Å². The van der Waals surface area contributed by atoms with Crippen LogP contribution < -0.4 is 10.5 Å². The first-order chi connectivity index (χ1) is 7.04. The molecule has 0 bridgehead atoms. The Bertz CT molecular complexity index is 370. The summed E-state index contributed by atoms with van der Waals surface area (Å²) in [7, 11) is 1.66. The van der Waals surface area contributed by atoms with Gasteiger partial charge in [0.15, 0.2) is 0 Å². The Morgan fingerprint density at radius 2 is 2.07 bits per heavy atom. The second-order valence-electron chi connectivity index (χ2n) is 3.79. The van der Waals surface area contributed by atoms with Gasteiger partial charge in [0.2, 0.25) is 0 Å². The number of rotatable bonds is 3. The number of ether oxygens (including phenoxy) is 1. The molecule has 3 nitrogen and oxygen atoms in total. The summed E-state index contributed by atoms with van der Waals surface area (Å²) in [5.74, 6) is 1.45. The average molecular weight is 206 g/mol. The highest BCUT2D eigenvalue weighted by molar-refractivity contribution is 5.97. The number of aliphatic imine (C=N–C) groups is 1. The zero-order valence-corrected chi connectivity index (χ0v) is 9.74. The van der Waals surface area contributed by atoms with Gasteiger partial charge in [-0.15, -0.1) is 0 Å². The predicted octanol–water partition coefficient (Wildman–Crippen LogP) is 2.12. The zero-order valence-electron chi connectivity index (χ0n) is 9.74. The molecule has 0 radical (unpaired) electrons. The summed E-state index contributed by atoms with van der Waals surface area (Å²) in [6.07, 6.45) is 0. The molecule has 0 saturated heterocycles. The molecule has 15 heavy (non-hydrogen) atoms. The van der Waals surface area contributed by atoms with Crippen LogP contribution in [0.4, 0.5) is 0 Å². The van der Waals surface area contributed by atoms with Crippen LogP contribution in [-0.4, -0.2) is 19.0 Å². The Hall–Kier alpha value is -1.51. The molecule has 1 rings (SSSR count). The smallest absolute Gasteiger partial charge is 0.125 e. The first kappa shape index (κ1) is 11.6. The molecular weight excluding hydrogens is 188 g/mol. The number of hydrogen-bond donors (Lipinski definition) is 1. The van der Waals surface area contributed by atoms with E-state index in [9.17, 15) is 0 Å². The molecule has 0 unspecified atom stereocenters. The second kappa shape index (κ2) is 4.82. The molecule has 0 heterocycles. The van der Waals surface area contributed by atoms with Gasteiger partial charge in [-0.05, 0) is 44.5 Å². The summed E-state index contributed by atoms with van der Waals surface area (Å²) in [5.41, 5.74) is 7.88. The van der Waals surface area contributed by atoms with Gasteiger partial charge in [-0.25, -0.2) is 0 Å². The standard InChI is InChI=1S/C12H18N2O/c1-8(2)14-12(13)10-5-6-11(15-4)9(3)7-10/h5-8H,1-4H3,(H2,13,14). The molecule has 0 aliphatic rings. The number of hydrogen-bond acceptors (Lipinski definition) is 2. The normalized spacial score (nSPS) is 11.9. The summed E-state index contributed by atoms with van der Waals surface area (Å²) >= 11 is 0. The molecule has 0 fully saturated rings. The monoisotopic (exact) mass is 206 g/mol. The van der Waals surface area contributed by atoms with Crippen LogP contribution in [0.25, 0.3) is 0 Å². The van der Waals surface area contributed by atoms with Crippen molar-refractivity contribution < 1.29 is 4.74 Å². The van der Waals surface area contributed by atoms with Crippen molar-refractivity contribution in [2.45, 2.75) is 26.8 Å². The van der Waals surface area contributed by atoms with E-state index >= 15 is 0 Å². The van der Waals surface area contributed by atoms with Gasteiger partial charge in [0.25, 0.3) is 0 Å². The first-order valence-electron chi connectivity index (χ1n) is 5.03. The maximum absolute atomic E-state index is 5.87. The van der Waals surface area contributed by atoms with Gasteiger partial charge in [-0.3, -0.25) is 4.99 Å². The molecule has 0 atom stereocenters. The molecular formula is C12H18N2O. The molecule has 1 aromatic carbocycles. The van der Waals surface area contributed by atoms with E-state index in [0.29, 0.717) is 5.84 Å². The molecule has 0 aromatic heterocycles. The quantitative estimate of drug-likeness (QED) is 0.608. The third-order valence-corrected chi connectivity index (χ3v) is 2.09. The van der Waals surface area contributed by atoms with Crippen LogP contribution in [0, 0.1) is 6.92 Å². The number of aryl methyl sites for hydroxylation is 1. The van der Waals surface area contributed by atoms with Gasteiger partial charge in [-0.2, -0.15) is 0 Å². The first-order valence-corrected chi connectivity index (χ1v) is 5.03. The third kappa shape index (κ3) is 2.98. The van der Waals surface area contributed by atoms with Crippen molar-refractivity contribution >= 4 is 5.84 Å². The predicted molar refractivity (Wildman–Crippen MR) is 63.6 cm³/mol. The Labute approximate surface area is 91.0 Å². The van der Waals surface area contributed by atoms with E-state index in [1.54, 1.807) is 7.11 Å². The van der Waals surface area contributed by atoms with Crippen LogP contribution in [-0.2, 0) is 0 Å². The molecule has 0 aliphatic heterocycles. The van der Waals surface area contributed by atoms with E-state index in [1.807, 2.05) is 39.0 Å². The lowest BCUT2D eigenvalue weighted by molar-refractivity contribution is 0.411. The molecule has 3 heteroatoms. The Kier molecular flexibility index (Phi) is 3.72. The minimum Gasteiger partial charge on any atom is -0.496 e. The molecule has 0 aliphatic carbocycles. The SMILES string of the molecule is COc1ccc(C(N)=NC(C)C)cc1C. The second-order valence-corrected chi connectivity index (χ2v) is 3.79. The summed E-state index contributed by atoms with van der Waals surface area (Å²) in [6.45, 7) is 6.00.